The van der Waals surface area contributed by atoms with Gasteiger partial charge in [0, 0.05) is 69.2 Å². The highest BCUT2D eigenvalue weighted by Gasteiger charge is 2.41. The van der Waals surface area contributed by atoms with Crippen LogP contribution in [0.2, 0.25) is 0 Å². The average Bonchev–Trinajstić information content (AvgIpc) is 3.43. The van der Waals surface area contributed by atoms with Gasteiger partial charge in [-0.3, -0.25) is 4.90 Å². The van der Waals surface area contributed by atoms with Crippen molar-refractivity contribution in [2.75, 3.05) is 48.3 Å². The van der Waals surface area contributed by atoms with Crippen molar-refractivity contribution in [2.24, 2.45) is 0 Å². The molecule has 5 rings (SSSR count). The van der Waals surface area contributed by atoms with E-state index >= 15 is 0 Å². The first-order chi connectivity index (χ1) is 17.5. The van der Waals surface area contributed by atoms with Crippen LogP contribution < -0.4 is 26.4 Å². The normalized spacial score (nSPS) is 19.6. The van der Waals surface area contributed by atoms with E-state index in [0.717, 1.165) is 69.9 Å². The summed E-state index contributed by atoms with van der Waals surface area (Å²) in [5, 5.41) is 0. The monoisotopic (exact) mass is 488 g/mol. The van der Waals surface area contributed by atoms with Crippen LogP contribution in [0.5, 0.6) is 0 Å². The van der Waals surface area contributed by atoms with Crippen molar-refractivity contribution in [1.82, 2.24) is 25.7 Å². The molecule has 4 heterocycles. The van der Waals surface area contributed by atoms with E-state index in [2.05, 4.69) is 65.7 Å². The maximum Gasteiger partial charge on any atom is 0.227 e. The van der Waals surface area contributed by atoms with E-state index in [9.17, 15) is 0 Å². The first-order valence-corrected chi connectivity index (χ1v) is 13.5. The molecule has 3 fully saturated rings. The lowest BCUT2D eigenvalue weighted by Crippen LogP contribution is -2.46. The van der Waals surface area contributed by atoms with E-state index in [1.807, 2.05) is 13.0 Å². The summed E-state index contributed by atoms with van der Waals surface area (Å²) in [6.07, 6.45) is 13.1. The van der Waals surface area contributed by atoms with Gasteiger partial charge in [-0.15, -0.1) is 12.3 Å². The van der Waals surface area contributed by atoms with Gasteiger partial charge < -0.3 is 15.5 Å². The molecule has 3 aliphatic rings. The predicted molar refractivity (Wildman–Crippen MR) is 146 cm³/mol. The van der Waals surface area contributed by atoms with Gasteiger partial charge in [-0.25, -0.2) is 15.8 Å². The third-order valence-corrected chi connectivity index (χ3v) is 7.89. The summed E-state index contributed by atoms with van der Waals surface area (Å²) in [5.41, 5.74) is 16.4. The van der Waals surface area contributed by atoms with Gasteiger partial charge in [0.1, 0.15) is 5.82 Å². The number of aryl methyl sites for hydroxylation is 1. The molecule has 0 bridgehead atoms. The SMILES string of the molecule is C#CCCC1(CCN(Cc2cccc(N3CCCC3)c2)C2CCN(c3nc(C)cc(N)n3)CC2)NN1. The number of piperidine rings is 1. The van der Waals surface area contributed by atoms with Crippen molar-refractivity contribution in [2.45, 2.75) is 70.1 Å². The van der Waals surface area contributed by atoms with E-state index in [0.29, 0.717) is 11.9 Å². The van der Waals surface area contributed by atoms with Crippen LogP contribution in [0.15, 0.2) is 30.3 Å². The molecular weight excluding hydrogens is 448 g/mol. The van der Waals surface area contributed by atoms with E-state index in [-0.39, 0.29) is 5.66 Å². The Balaban J connectivity index is 1.27. The Morgan fingerprint density at radius 3 is 2.56 bits per heavy atom. The fourth-order valence-electron chi connectivity index (χ4n) is 5.68. The lowest BCUT2D eigenvalue weighted by molar-refractivity contribution is 0.151. The largest absolute Gasteiger partial charge is 0.384 e. The van der Waals surface area contributed by atoms with Crippen LogP contribution in [-0.2, 0) is 6.54 Å². The Morgan fingerprint density at radius 1 is 1.08 bits per heavy atom. The minimum absolute atomic E-state index is 0.00431. The first-order valence-electron chi connectivity index (χ1n) is 13.5. The van der Waals surface area contributed by atoms with Crippen LogP contribution in [0.25, 0.3) is 0 Å². The second-order valence-corrected chi connectivity index (χ2v) is 10.6. The number of hydrazine groups is 1. The molecule has 36 heavy (non-hydrogen) atoms. The molecule has 1 aromatic heterocycles. The molecule has 8 nitrogen and oxygen atoms in total. The fraction of sp³-hybridized carbons (Fsp3) is 0.571. The summed E-state index contributed by atoms with van der Waals surface area (Å²) >= 11 is 0. The minimum atomic E-state index is -0.00431. The summed E-state index contributed by atoms with van der Waals surface area (Å²) < 4.78 is 0. The Labute approximate surface area is 215 Å². The van der Waals surface area contributed by atoms with E-state index in [4.69, 9.17) is 12.2 Å². The molecule has 0 atom stereocenters. The molecular formula is C28H40N8. The van der Waals surface area contributed by atoms with Crippen molar-refractivity contribution >= 4 is 17.5 Å². The van der Waals surface area contributed by atoms with Gasteiger partial charge in [0.15, 0.2) is 0 Å². The molecule has 2 aromatic rings. The van der Waals surface area contributed by atoms with Crippen LogP contribution in [0.4, 0.5) is 17.5 Å². The average molecular weight is 489 g/mol. The van der Waals surface area contributed by atoms with Crippen molar-refractivity contribution in [3.05, 3.63) is 41.6 Å². The second-order valence-electron chi connectivity index (χ2n) is 10.6. The van der Waals surface area contributed by atoms with Gasteiger partial charge in [0.05, 0.1) is 5.66 Å². The third kappa shape index (κ3) is 6.09. The van der Waals surface area contributed by atoms with E-state index < -0.39 is 0 Å². The predicted octanol–water partition coefficient (Wildman–Crippen LogP) is 3.05. The number of hydrogen-bond acceptors (Lipinski definition) is 8. The number of terminal acetylenes is 1. The number of benzene rings is 1. The molecule has 0 radical (unpaired) electrons. The number of anilines is 3. The maximum atomic E-state index is 5.99. The number of nitrogens with one attached hydrogen (secondary N) is 2. The highest BCUT2D eigenvalue weighted by molar-refractivity contribution is 5.49. The number of hydrogen-bond donors (Lipinski definition) is 3. The smallest absolute Gasteiger partial charge is 0.227 e. The summed E-state index contributed by atoms with van der Waals surface area (Å²) in [6, 6.07) is 11.5. The number of nitrogens with two attached hydrogens (primary N) is 1. The Bertz CT molecular complexity index is 1040. The van der Waals surface area contributed by atoms with Crippen molar-refractivity contribution < 1.29 is 0 Å². The molecule has 192 valence electrons. The highest BCUT2D eigenvalue weighted by atomic mass is 15.7. The molecule has 0 amide bonds. The van der Waals surface area contributed by atoms with Crippen LogP contribution in [0, 0.1) is 19.3 Å². The van der Waals surface area contributed by atoms with E-state index in [1.165, 1.54) is 37.2 Å². The molecule has 0 saturated carbocycles. The van der Waals surface area contributed by atoms with Gasteiger partial charge in [-0.05, 0) is 63.1 Å². The van der Waals surface area contributed by atoms with Gasteiger partial charge >= 0.3 is 0 Å². The first kappa shape index (κ1) is 24.8. The van der Waals surface area contributed by atoms with Gasteiger partial charge in [0.2, 0.25) is 5.95 Å². The third-order valence-electron chi connectivity index (χ3n) is 7.89. The van der Waals surface area contributed by atoms with Crippen molar-refractivity contribution in [1.29, 1.82) is 0 Å². The van der Waals surface area contributed by atoms with Crippen LogP contribution in [0.3, 0.4) is 0 Å². The molecule has 0 unspecified atom stereocenters. The number of aromatic nitrogens is 2. The van der Waals surface area contributed by atoms with Gasteiger partial charge in [-0.2, -0.15) is 4.98 Å². The zero-order valence-electron chi connectivity index (χ0n) is 21.5. The van der Waals surface area contributed by atoms with Crippen LogP contribution in [0.1, 0.15) is 56.2 Å². The molecule has 8 heteroatoms. The highest BCUT2D eigenvalue weighted by Crippen LogP contribution is 2.28. The van der Waals surface area contributed by atoms with Gasteiger partial charge in [0.25, 0.3) is 0 Å². The Morgan fingerprint density at radius 2 is 1.86 bits per heavy atom. The van der Waals surface area contributed by atoms with Crippen molar-refractivity contribution in [3.63, 3.8) is 0 Å². The summed E-state index contributed by atoms with van der Waals surface area (Å²) in [4.78, 5) is 16.6. The van der Waals surface area contributed by atoms with Gasteiger partial charge in [-0.1, -0.05) is 12.1 Å². The molecule has 0 aliphatic carbocycles. The summed E-state index contributed by atoms with van der Waals surface area (Å²) in [6.45, 7) is 8.19. The lowest BCUT2D eigenvalue weighted by Gasteiger charge is -2.39. The quantitative estimate of drug-likeness (QED) is 0.346. The van der Waals surface area contributed by atoms with E-state index in [1.54, 1.807) is 0 Å². The maximum absolute atomic E-state index is 5.99. The minimum Gasteiger partial charge on any atom is -0.384 e. The molecule has 3 saturated heterocycles. The molecule has 4 N–H and O–H groups in total. The lowest BCUT2D eigenvalue weighted by atomic mass is 9.99. The summed E-state index contributed by atoms with van der Waals surface area (Å²) in [7, 11) is 0. The van der Waals surface area contributed by atoms with Crippen LogP contribution >= 0.6 is 0 Å². The zero-order valence-corrected chi connectivity index (χ0v) is 21.5. The molecule has 3 aliphatic heterocycles. The Hall–Kier alpha value is -2.86. The second kappa shape index (κ2) is 11.0. The van der Waals surface area contributed by atoms with Crippen LogP contribution in [-0.4, -0.2) is 59.3 Å². The molecule has 1 aromatic carbocycles. The molecule has 0 spiro atoms. The number of nitrogen functional groups attached to an aromatic ring is 1. The number of rotatable bonds is 10. The topological polar surface area (TPSA) is 105 Å². The summed E-state index contributed by atoms with van der Waals surface area (Å²) in [5.74, 6) is 4.09. The zero-order chi connectivity index (χ0) is 25.0. The Kier molecular flexibility index (Phi) is 7.61. The standard InChI is InChI=1S/C28H40N8/c1-3-4-12-28(32-33-28)13-18-36(21-23-8-7-9-25(20-23)34-14-5-6-15-34)24-10-16-35(17-11-24)27-30-22(2)19-26(29)31-27/h1,7-9,19-20,24,32-33H,4-6,10-18,21H2,2H3,(H2,29,30,31). The number of nitrogens with zero attached hydrogens (tertiary/aromatic N) is 5. The fourth-order valence-corrected chi connectivity index (χ4v) is 5.68. The van der Waals surface area contributed by atoms with Crippen molar-refractivity contribution in [3.8, 4) is 12.3 Å².